The zero-order valence-electron chi connectivity index (χ0n) is 10.3. The standard InChI is InChI=1S/C13H19ClO3/c1-3-7-17-8-6-12(15)10-4-5-11(14)13(9-10)16-2/h4-5,9,12,15H,3,6-8H2,1-2H3. The van der Waals surface area contributed by atoms with E-state index < -0.39 is 6.10 Å². The topological polar surface area (TPSA) is 38.7 Å². The summed E-state index contributed by atoms with van der Waals surface area (Å²) in [5, 5.41) is 10.5. The number of methoxy groups -OCH3 is 1. The minimum Gasteiger partial charge on any atom is -0.495 e. The van der Waals surface area contributed by atoms with E-state index in [0.717, 1.165) is 18.6 Å². The summed E-state index contributed by atoms with van der Waals surface area (Å²) in [6.45, 7) is 3.34. The molecule has 0 spiro atoms. The van der Waals surface area contributed by atoms with Crippen molar-refractivity contribution in [3.05, 3.63) is 28.8 Å². The van der Waals surface area contributed by atoms with E-state index in [4.69, 9.17) is 21.1 Å². The molecule has 96 valence electrons. The molecule has 4 heteroatoms. The van der Waals surface area contributed by atoms with Crippen molar-refractivity contribution >= 4 is 11.6 Å². The molecule has 1 aromatic rings. The molecule has 17 heavy (non-hydrogen) atoms. The van der Waals surface area contributed by atoms with Gasteiger partial charge in [-0.05, 0) is 24.1 Å². The smallest absolute Gasteiger partial charge is 0.137 e. The number of halogens is 1. The first-order valence-corrected chi connectivity index (χ1v) is 6.16. The second kappa shape index (κ2) is 7.54. The van der Waals surface area contributed by atoms with E-state index in [0.29, 0.717) is 23.8 Å². The number of aliphatic hydroxyl groups excluding tert-OH is 1. The van der Waals surface area contributed by atoms with Crippen molar-refractivity contribution in [2.45, 2.75) is 25.9 Å². The van der Waals surface area contributed by atoms with Crippen LogP contribution >= 0.6 is 11.6 Å². The van der Waals surface area contributed by atoms with Gasteiger partial charge < -0.3 is 14.6 Å². The highest BCUT2D eigenvalue weighted by Gasteiger charge is 2.10. The van der Waals surface area contributed by atoms with Crippen LogP contribution in [-0.4, -0.2) is 25.4 Å². The van der Waals surface area contributed by atoms with Gasteiger partial charge in [0.1, 0.15) is 5.75 Å². The summed E-state index contributed by atoms with van der Waals surface area (Å²) in [4.78, 5) is 0. The van der Waals surface area contributed by atoms with Crippen LogP contribution in [0.1, 0.15) is 31.4 Å². The summed E-state index contributed by atoms with van der Waals surface area (Å²) in [6.07, 6.45) is 1.02. The lowest BCUT2D eigenvalue weighted by atomic mass is 10.1. The second-order valence-corrected chi connectivity index (χ2v) is 4.22. The number of benzene rings is 1. The molecule has 0 aliphatic heterocycles. The van der Waals surface area contributed by atoms with Crippen LogP contribution in [0.4, 0.5) is 0 Å². The minimum absolute atomic E-state index is 0.543. The fourth-order valence-corrected chi connectivity index (χ4v) is 1.69. The molecule has 0 aliphatic carbocycles. The molecule has 3 nitrogen and oxygen atoms in total. The summed E-state index contributed by atoms with van der Waals surface area (Å²) in [7, 11) is 1.56. The monoisotopic (exact) mass is 258 g/mol. The Morgan fingerprint density at radius 2 is 2.12 bits per heavy atom. The minimum atomic E-state index is -0.543. The largest absolute Gasteiger partial charge is 0.495 e. The first-order chi connectivity index (χ1) is 8.19. The summed E-state index contributed by atoms with van der Waals surface area (Å²) in [5.74, 6) is 0.581. The molecule has 1 atom stereocenters. The van der Waals surface area contributed by atoms with Crippen molar-refractivity contribution < 1.29 is 14.6 Å². The Kier molecular flexibility index (Phi) is 6.34. The molecule has 0 amide bonds. The molecule has 0 aliphatic rings. The van der Waals surface area contributed by atoms with Crippen LogP contribution in [0.2, 0.25) is 5.02 Å². The van der Waals surface area contributed by atoms with Crippen molar-refractivity contribution in [1.29, 1.82) is 0 Å². The molecule has 1 N–H and O–H groups in total. The Bertz CT molecular complexity index is 341. The van der Waals surface area contributed by atoms with E-state index in [2.05, 4.69) is 6.92 Å². The Morgan fingerprint density at radius 3 is 2.76 bits per heavy atom. The van der Waals surface area contributed by atoms with Gasteiger partial charge in [-0.3, -0.25) is 0 Å². The molecule has 0 heterocycles. The highest BCUT2D eigenvalue weighted by molar-refractivity contribution is 6.32. The molecular formula is C13H19ClO3. The number of ether oxygens (including phenoxy) is 2. The van der Waals surface area contributed by atoms with Crippen molar-refractivity contribution in [2.75, 3.05) is 20.3 Å². The van der Waals surface area contributed by atoms with E-state index in [9.17, 15) is 5.11 Å². The first-order valence-electron chi connectivity index (χ1n) is 5.78. The summed E-state index contributed by atoms with van der Waals surface area (Å²) >= 11 is 5.92. The van der Waals surface area contributed by atoms with Gasteiger partial charge in [0.2, 0.25) is 0 Å². The normalized spacial score (nSPS) is 12.5. The molecule has 0 radical (unpaired) electrons. The molecule has 1 aromatic carbocycles. The third-order valence-electron chi connectivity index (χ3n) is 2.44. The molecule has 0 aromatic heterocycles. The van der Waals surface area contributed by atoms with Gasteiger partial charge in [-0.1, -0.05) is 24.6 Å². The van der Waals surface area contributed by atoms with Crippen LogP contribution in [-0.2, 0) is 4.74 Å². The zero-order valence-corrected chi connectivity index (χ0v) is 11.0. The molecule has 0 saturated carbocycles. The van der Waals surface area contributed by atoms with Gasteiger partial charge in [0.15, 0.2) is 0 Å². The van der Waals surface area contributed by atoms with Crippen molar-refractivity contribution in [1.82, 2.24) is 0 Å². The van der Waals surface area contributed by atoms with Gasteiger partial charge in [-0.2, -0.15) is 0 Å². The van der Waals surface area contributed by atoms with Gasteiger partial charge in [-0.25, -0.2) is 0 Å². The number of rotatable bonds is 7. The van der Waals surface area contributed by atoms with Crippen LogP contribution in [0.25, 0.3) is 0 Å². The van der Waals surface area contributed by atoms with Gasteiger partial charge in [-0.15, -0.1) is 0 Å². The third-order valence-corrected chi connectivity index (χ3v) is 2.76. The van der Waals surface area contributed by atoms with Gasteiger partial charge in [0.05, 0.1) is 18.2 Å². The predicted molar refractivity (Wildman–Crippen MR) is 68.7 cm³/mol. The van der Waals surface area contributed by atoms with E-state index in [-0.39, 0.29) is 0 Å². The highest BCUT2D eigenvalue weighted by Crippen LogP contribution is 2.28. The van der Waals surface area contributed by atoms with E-state index >= 15 is 0 Å². The quantitative estimate of drug-likeness (QED) is 0.764. The van der Waals surface area contributed by atoms with Gasteiger partial charge in [0, 0.05) is 19.6 Å². The Balaban J connectivity index is 2.53. The fourth-order valence-electron chi connectivity index (χ4n) is 1.49. The van der Waals surface area contributed by atoms with E-state index in [1.54, 1.807) is 25.3 Å². The number of aliphatic hydroxyl groups is 1. The van der Waals surface area contributed by atoms with E-state index in [1.165, 1.54) is 0 Å². The summed E-state index contributed by atoms with van der Waals surface area (Å²) in [6, 6.07) is 5.29. The Labute approximate surface area is 107 Å². The zero-order chi connectivity index (χ0) is 12.7. The van der Waals surface area contributed by atoms with Crippen LogP contribution in [0.5, 0.6) is 5.75 Å². The fraction of sp³-hybridized carbons (Fsp3) is 0.538. The average Bonchev–Trinajstić information content (AvgIpc) is 2.35. The second-order valence-electron chi connectivity index (χ2n) is 3.81. The maximum Gasteiger partial charge on any atom is 0.137 e. The van der Waals surface area contributed by atoms with Crippen LogP contribution in [0.3, 0.4) is 0 Å². The van der Waals surface area contributed by atoms with Crippen LogP contribution in [0, 0.1) is 0 Å². The SMILES string of the molecule is CCCOCCC(O)c1ccc(Cl)c(OC)c1. The molecule has 0 bridgehead atoms. The number of hydrogen-bond donors (Lipinski definition) is 1. The summed E-state index contributed by atoms with van der Waals surface area (Å²) < 4.78 is 10.4. The molecule has 1 unspecified atom stereocenters. The first kappa shape index (κ1) is 14.3. The van der Waals surface area contributed by atoms with Crippen LogP contribution < -0.4 is 4.74 Å². The van der Waals surface area contributed by atoms with Crippen molar-refractivity contribution in [3.63, 3.8) is 0 Å². The summed E-state index contributed by atoms with van der Waals surface area (Å²) in [5.41, 5.74) is 0.798. The third kappa shape index (κ3) is 4.54. The molecule has 0 fully saturated rings. The lowest BCUT2D eigenvalue weighted by Crippen LogP contribution is -2.04. The Hall–Kier alpha value is -0.770. The van der Waals surface area contributed by atoms with Crippen LogP contribution in [0.15, 0.2) is 18.2 Å². The van der Waals surface area contributed by atoms with E-state index in [1.807, 2.05) is 0 Å². The molecular weight excluding hydrogens is 240 g/mol. The Morgan fingerprint density at radius 1 is 1.35 bits per heavy atom. The average molecular weight is 259 g/mol. The predicted octanol–water partition coefficient (Wildman–Crippen LogP) is 3.20. The maximum atomic E-state index is 9.95. The van der Waals surface area contributed by atoms with Gasteiger partial charge in [0.25, 0.3) is 0 Å². The highest BCUT2D eigenvalue weighted by atomic mass is 35.5. The van der Waals surface area contributed by atoms with Crippen molar-refractivity contribution in [2.24, 2.45) is 0 Å². The van der Waals surface area contributed by atoms with Crippen molar-refractivity contribution in [3.8, 4) is 5.75 Å². The lowest BCUT2D eigenvalue weighted by molar-refractivity contribution is 0.0821. The van der Waals surface area contributed by atoms with Gasteiger partial charge >= 0.3 is 0 Å². The molecule has 1 rings (SSSR count). The molecule has 0 saturated heterocycles. The maximum absolute atomic E-state index is 9.95. The lowest BCUT2D eigenvalue weighted by Gasteiger charge is -2.13. The number of hydrogen-bond acceptors (Lipinski definition) is 3.